The highest BCUT2D eigenvalue weighted by molar-refractivity contribution is 7.88. The summed E-state index contributed by atoms with van der Waals surface area (Å²) in [7, 11) is -3.07. The first-order valence-corrected chi connectivity index (χ1v) is 9.85. The van der Waals surface area contributed by atoms with Crippen LogP contribution in [0.15, 0.2) is 30.3 Å². The Hall–Kier alpha value is -0.950. The van der Waals surface area contributed by atoms with Gasteiger partial charge in [0.15, 0.2) is 0 Å². The van der Waals surface area contributed by atoms with Crippen molar-refractivity contribution in [3.63, 3.8) is 0 Å². The Morgan fingerprint density at radius 3 is 2.95 bits per heavy atom. The number of fused-ring (bicyclic) bond motifs is 1. The predicted octanol–water partition coefficient (Wildman–Crippen LogP) is 2.41. The SMILES string of the molecule is CS(=O)(=O)N1CCC[C@H](NCc2cc3ccccc3s2)C1. The lowest BCUT2D eigenvalue weighted by Crippen LogP contribution is -2.47. The second-order valence-corrected chi connectivity index (χ2v) is 8.74. The zero-order chi connectivity index (χ0) is 14.9. The number of thiophene rings is 1. The van der Waals surface area contributed by atoms with Crippen molar-refractivity contribution in [1.82, 2.24) is 9.62 Å². The molecule has 1 fully saturated rings. The molecule has 0 unspecified atom stereocenters. The van der Waals surface area contributed by atoms with Gasteiger partial charge in [-0.05, 0) is 30.4 Å². The minimum absolute atomic E-state index is 0.249. The second-order valence-electron chi connectivity index (χ2n) is 5.59. The number of hydrogen-bond acceptors (Lipinski definition) is 4. The molecule has 1 aromatic heterocycles. The molecule has 1 saturated heterocycles. The van der Waals surface area contributed by atoms with E-state index in [0.29, 0.717) is 13.1 Å². The maximum atomic E-state index is 11.6. The van der Waals surface area contributed by atoms with E-state index in [9.17, 15) is 8.42 Å². The Balaban J connectivity index is 1.62. The standard InChI is InChI=1S/C15H20N2O2S2/c1-21(18,19)17-8-4-6-13(11-17)16-10-14-9-12-5-2-3-7-15(12)20-14/h2-3,5,7,9,13,16H,4,6,8,10-11H2,1H3/t13-/m0/s1. The summed E-state index contributed by atoms with van der Waals surface area (Å²) in [6, 6.07) is 10.8. The quantitative estimate of drug-likeness (QED) is 0.939. The third-order valence-electron chi connectivity index (χ3n) is 3.89. The summed E-state index contributed by atoms with van der Waals surface area (Å²) in [4.78, 5) is 1.30. The fourth-order valence-corrected chi connectivity index (χ4v) is 4.71. The normalized spacial score (nSPS) is 20.9. The van der Waals surface area contributed by atoms with Gasteiger partial charge >= 0.3 is 0 Å². The van der Waals surface area contributed by atoms with Crippen molar-refractivity contribution in [2.45, 2.75) is 25.4 Å². The van der Waals surface area contributed by atoms with Crippen molar-refractivity contribution in [3.05, 3.63) is 35.2 Å². The molecule has 21 heavy (non-hydrogen) atoms. The van der Waals surface area contributed by atoms with Gasteiger partial charge in [-0.15, -0.1) is 11.3 Å². The molecule has 0 spiro atoms. The fourth-order valence-electron chi connectivity index (χ4n) is 2.78. The lowest BCUT2D eigenvalue weighted by Gasteiger charge is -2.31. The first-order chi connectivity index (χ1) is 10.0. The highest BCUT2D eigenvalue weighted by Crippen LogP contribution is 2.25. The maximum absolute atomic E-state index is 11.6. The average molecular weight is 324 g/mol. The maximum Gasteiger partial charge on any atom is 0.211 e. The number of piperidine rings is 1. The van der Waals surface area contributed by atoms with E-state index in [1.807, 2.05) is 0 Å². The van der Waals surface area contributed by atoms with Crippen LogP contribution < -0.4 is 5.32 Å². The molecule has 1 aromatic carbocycles. The van der Waals surface area contributed by atoms with E-state index in [1.165, 1.54) is 21.2 Å². The van der Waals surface area contributed by atoms with Crippen LogP contribution in [0.4, 0.5) is 0 Å². The molecule has 1 N–H and O–H groups in total. The van der Waals surface area contributed by atoms with Crippen LogP contribution in [0.2, 0.25) is 0 Å². The van der Waals surface area contributed by atoms with Gasteiger partial charge in [-0.2, -0.15) is 0 Å². The molecule has 1 aliphatic rings. The second kappa shape index (κ2) is 6.04. The lowest BCUT2D eigenvalue weighted by molar-refractivity contribution is 0.284. The van der Waals surface area contributed by atoms with Crippen LogP contribution in [0.3, 0.4) is 0 Å². The molecule has 6 heteroatoms. The molecule has 2 heterocycles. The van der Waals surface area contributed by atoms with E-state index in [1.54, 1.807) is 15.6 Å². The predicted molar refractivity (Wildman–Crippen MR) is 88.1 cm³/mol. The van der Waals surface area contributed by atoms with Crippen LogP contribution in [-0.2, 0) is 16.6 Å². The van der Waals surface area contributed by atoms with E-state index >= 15 is 0 Å². The summed E-state index contributed by atoms with van der Waals surface area (Å²) in [6.07, 6.45) is 3.26. The van der Waals surface area contributed by atoms with Gasteiger partial charge in [-0.25, -0.2) is 12.7 Å². The summed E-state index contributed by atoms with van der Waals surface area (Å²) in [5.74, 6) is 0. The van der Waals surface area contributed by atoms with Crippen molar-refractivity contribution in [2.75, 3.05) is 19.3 Å². The lowest BCUT2D eigenvalue weighted by atomic mass is 10.1. The molecular formula is C15H20N2O2S2. The molecule has 4 nitrogen and oxygen atoms in total. The first-order valence-electron chi connectivity index (χ1n) is 7.18. The van der Waals surface area contributed by atoms with E-state index in [0.717, 1.165) is 19.4 Å². The number of hydrogen-bond donors (Lipinski definition) is 1. The Kier molecular flexibility index (Phi) is 4.31. The molecule has 0 bridgehead atoms. The van der Waals surface area contributed by atoms with Crippen LogP contribution in [0.1, 0.15) is 17.7 Å². The zero-order valence-electron chi connectivity index (χ0n) is 12.1. The Labute approximate surface area is 129 Å². The van der Waals surface area contributed by atoms with E-state index < -0.39 is 10.0 Å². The number of benzene rings is 1. The van der Waals surface area contributed by atoms with Gasteiger partial charge < -0.3 is 5.32 Å². The molecule has 114 valence electrons. The van der Waals surface area contributed by atoms with Gasteiger partial charge in [0.25, 0.3) is 0 Å². The van der Waals surface area contributed by atoms with Gasteiger partial charge in [0.05, 0.1) is 6.26 Å². The van der Waals surface area contributed by atoms with Crippen molar-refractivity contribution in [2.24, 2.45) is 0 Å². The Morgan fingerprint density at radius 1 is 1.38 bits per heavy atom. The van der Waals surface area contributed by atoms with Crippen LogP contribution in [0.25, 0.3) is 10.1 Å². The minimum atomic E-state index is -3.07. The van der Waals surface area contributed by atoms with Gasteiger partial charge in [0, 0.05) is 35.3 Å². The van der Waals surface area contributed by atoms with Gasteiger partial charge in [-0.1, -0.05) is 18.2 Å². The molecule has 1 aliphatic heterocycles. The van der Waals surface area contributed by atoms with Gasteiger partial charge in [0.1, 0.15) is 0 Å². The number of rotatable bonds is 4. The molecule has 0 radical (unpaired) electrons. The summed E-state index contributed by atoms with van der Waals surface area (Å²) < 4.78 is 26.1. The van der Waals surface area contributed by atoms with Crippen molar-refractivity contribution in [1.29, 1.82) is 0 Å². The van der Waals surface area contributed by atoms with Crippen LogP contribution in [0, 0.1) is 0 Å². The molecule has 3 rings (SSSR count). The highest BCUT2D eigenvalue weighted by atomic mass is 32.2. The highest BCUT2D eigenvalue weighted by Gasteiger charge is 2.25. The molecule has 0 aliphatic carbocycles. The summed E-state index contributed by atoms with van der Waals surface area (Å²) >= 11 is 1.80. The van der Waals surface area contributed by atoms with Crippen LogP contribution >= 0.6 is 11.3 Å². The van der Waals surface area contributed by atoms with E-state index in [4.69, 9.17) is 0 Å². The van der Waals surface area contributed by atoms with Gasteiger partial charge in [0.2, 0.25) is 10.0 Å². The van der Waals surface area contributed by atoms with E-state index in [2.05, 4.69) is 35.6 Å². The van der Waals surface area contributed by atoms with Crippen LogP contribution in [-0.4, -0.2) is 38.1 Å². The van der Waals surface area contributed by atoms with Crippen molar-refractivity contribution < 1.29 is 8.42 Å². The van der Waals surface area contributed by atoms with Crippen LogP contribution in [0.5, 0.6) is 0 Å². The smallest absolute Gasteiger partial charge is 0.211 e. The summed E-state index contributed by atoms with van der Waals surface area (Å²) in [5.41, 5.74) is 0. The Bertz CT molecular complexity index is 691. The minimum Gasteiger partial charge on any atom is -0.308 e. The van der Waals surface area contributed by atoms with Crippen molar-refractivity contribution in [3.8, 4) is 0 Å². The number of sulfonamides is 1. The number of nitrogens with one attached hydrogen (secondary N) is 1. The van der Waals surface area contributed by atoms with Gasteiger partial charge in [-0.3, -0.25) is 0 Å². The number of nitrogens with zero attached hydrogens (tertiary/aromatic N) is 1. The Morgan fingerprint density at radius 2 is 2.19 bits per heavy atom. The monoisotopic (exact) mass is 324 g/mol. The summed E-state index contributed by atoms with van der Waals surface area (Å²) in [5, 5.41) is 4.78. The first kappa shape index (κ1) is 15.0. The summed E-state index contributed by atoms with van der Waals surface area (Å²) in [6.45, 7) is 2.05. The zero-order valence-corrected chi connectivity index (χ0v) is 13.7. The topological polar surface area (TPSA) is 49.4 Å². The molecular weight excluding hydrogens is 304 g/mol. The average Bonchev–Trinajstić information content (AvgIpc) is 2.87. The molecule has 2 aromatic rings. The fraction of sp³-hybridized carbons (Fsp3) is 0.467. The molecule has 0 saturated carbocycles. The third kappa shape index (κ3) is 3.63. The largest absolute Gasteiger partial charge is 0.308 e. The van der Waals surface area contributed by atoms with Crippen molar-refractivity contribution >= 4 is 31.4 Å². The molecule has 1 atom stereocenters. The third-order valence-corrected chi connectivity index (χ3v) is 6.28. The molecule has 0 amide bonds. The van der Waals surface area contributed by atoms with E-state index in [-0.39, 0.29) is 6.04 Å².